The van der Waals surface area contributed by atoms with Gasteiger partial charge in [-0.3, -0.25) is 0 Å². The summed E-state index contributed by atoms with van der Waals surface area (Å²) in [5.41, 5.74) is 0.692. The second kappa shape index (κ2) is 7.87. The van der Waals surface area contributed by atoms with Crippen LogP contribution in [0.4, 0.5) is 0 Å². The van der Waals surface area contributed by atoms with E-state index in [1.54, 1.807) is 18.8 Å². The zero-order valence-corrected chi connectivity index (χ0v) is 14.7. The van der Waals surface area contributed by atoms with Crippen LogP contribution in [0.5, 0.6) is 0 Å². The Labute approximate surface area is 134 Å². The fourth-order valence-corrected chi connectivity index (χ4v) is 3.84. The average molecular weight is 357 g/mol. The highest BCUT2D eigenvalue weighted by Gasteiger charge is 2.20. The molecule has 0 saturated carbocycles. The van der Waals surface area contributed by atoms with Crippen LogP contribution in [-0.2, 0) is 16.6 Å². The van der Waals surface area contributed by atoms with E-state index in [1.807, 2.05) is 13.2 Å². The fourth-order valence-electron chi connectivity index (χ4n) is 1.49. The van der Waals surface area contributed by atoms with Crippen LogP contribution in [0, 0.1) is 0 Å². The van der Waals surface area contributed by atoms with Crippen molar-refractivity contribution in [1.82, 2.24) is 10.0 Å². The molecule has 1 aromatic carbocycles. The third-order valence-corrected chi connectivity index (χ3v) is 5.93. The van der Waals surface area contributed by atoms with Gasteiger partial charge in [-0.05, 0) is 31.0 Å². The molecule has 1 atom stereocenters. The van der Waals surface area contributed by atoms with Crippen LogP contribution < -0.4 is 10.0 Å². The third-order valence-electron chi connectivity index (χ3n) is 2.72. The van der Waals surface area contributed by atoms with Gasteiger partial charge in [-0.2, -0.15) is 11.8 Å². The predicted molar refractivity (Wildman–Crippen MR) is 87.4 cm³/mol. The third kappa shape index (κ3) is 4.79. The summed E-state index contributed by atoms with van der Waals surface area (Å²) in [5.74, 6) is 0. The van der Waals surface area contributed by atoms with Crippen molar-refractivity contribution in [1.29, 1.82) is 0 Å². The minimum Gasteiger partial charge on any atom is -0.316 e. The minimum atomic E-state index is -3.64. The van der Waals surface area contributed by atoms with E-state index < -0.39 is 10.0 Å². The Morgan fingerprint density at radius 1 is 1.30 bits per heavy atom. The summed E-state index contributed by atoms with van der Waals surface area (Å²) in [6, 6.07) is 2.97. The molecule has 0 aliphatic heterocycles. The molecule has 0 aromatic heterocycles. The molecule has 0 spiro atoms. The van der Waals surface area contributed by atoms with Crippen molar-refractivity contribution in [3.05, 3.63) is 27.7 Å². The minimum absolute atomic E-state index is 0.0575. The van der Waals surface area contributed by atoms with Gasteiger partial charge in [0, 0.05) is 23.4 Å². The fraction of sp³-hybridized carbons (Fsp3) is 0.500. The van der Waals surface area contributed by atoms with Gasteiger partial charge >= 0.3 is 0 Å². The van der Waals surface area contributed by atoms with Crippen molar-refractivity contribution in [3.8, 4) is 0 Å². The maximum absolute atomic E-state index is 12.3. The van der Waals surface area contributed by atoms with Crippen molar-refractivity contribution in [2.24, 2.45) is 0 Å². The molecule has 20 heavy (non-hydrogen) atoms. The molecule has 2 N–H and O–H groups in total. The molecule has 0 heterocycles. The Bertz CT molecular complexity index is 565. The first-order chi connectivity index (χ1) is 9.31. The van der Waals surface area contributed by atoms with E-state index in [9.17, 15) is 8.42 Å². The zero-order chi connectivity index (χ0) is 15.3. The summed E-state index contributed by atoms with van der Waals surface area (Å²) in [4.78, 5) is 0.0575. The summed E-state index contributed by atoms with van der Waals surface area (Å²) in [5, 5.41) is 3.69. The average Bonchev–Trinajstić information content (AvgIpc) is 2.39. The van der Waals surface area contributed by atoms with E-state index >= 15 is 0 Å². The molecule has 8 heteroatoms. The molecule has 0 saturated heterocycles. The van der Waals surface area contributed by atoms with Crippen LogP contribution in [0.2, 0.25) is 10.0 Å². The highest BCUT2D eigenvalue weighted by atomic mass is 35.5. The first kappa shape index (κ1) is 18.1. The summed E-state index contributed by atoms with van der Waals surface area (Å²) < 4.78 is 27.1. The van der Waals surface area contributed by atoms with Crippen molar-refractivity contribution in [2.45, 2.75) is 23.6 Å². The number of sulfonamides is 1. The maximum atomic E-state index is 12.3. The molecule has 0 radical (unpaired) electrons. The van der Waals surface area contributed by atoms with E-state index in [0.717, 1.165) is 0 Å². The Morgan fingerprint density at radius 2 is 1.95 bits per heavy atom. The molecule has 4 nitrogen and oxygen atoms in total. The molecular weight excluding hydrogens is 339 g/mol. The molecule has 0 aliphatic carbocycles. The van der Waals surface area contributed by atoms with E-state index in [2.05, 4.69) is 10.0 Å². The Balaban J connectivity index is 3.08. The van der Waals surface area contributed by atoms with E-state index in [0.29, 0.717) is 23.7 Å². The summed E-state index contributed by atoms with van der Waals surface area (Å²) in [6.45, 7) is 2.77. The van der Waals surface area contributed by atoms with Crippen LogP contribution in [0.15, 0.2) is 17.0 Å². The van der Waals surface area contributed by atoms with Crippen molar-refractivity contribution >= 4 is 45.0 Å². The van der Waals surface area contributed by atoms with Gasteiger partial charge in [-0.15, -0.1) is 0 Å². The van der Waals surface area contributed by atoms with Crippen molar-refractivity contribution < 1.29 is 8.42 Å². The van der Waals surface area contributed by atoms with Gasteiger partial charge in [-0.25, -0.2) is 13.1 Å². The van der Waals surface area contributed by atoms with Gasteiger partial charge in [0.2, 0.25) is 10.0 Å². The van der Waals surface area contributed by atoms with Crippen LogP contribution in [0.25, 0.3) is 0 Å². The van der Waals surface area contributed by atoms with E-state index in [1.165, 1.54) is 12.1 Å². The van der Waals surface area contributed by atoms with Gasteiger partial charge < -0.3 is 5.32 Å². The lowest BCUT2D eigenvalue weighted by molar-refractivity contribution is 0.581. The molecule has 0 bridgehead atoms. The largest absolute Gasteiger partial charge is 0.316 e. The zero-order valence-electron chi connectivity index (χ0n) is 11.5. The highest BCUT2D eigenvalue weighted by Crippen LogP contribution is 2.28. The summed E-state index contributed by atoms with van der Waals surface area (Å²) >= 11 is 13.6. The van der Waals surface area contributed by atoms with Crippen molar-refractivity contribution in [2.75, 3.05) is 19.8 Å². The smallest absolute Gasteiger partial charge is 0.242 e. The summed E-state index contributed by atoms with van der Waals surface area (Å²) in [6.07, 6.45) is 1.93. The van der Waals surface area contributed by atoms with Crippen LogP contribution >= 0.6 is 35.0 Å². The lowest BCUT2D eigenvalue weighted by Gasteiger charge is -2.13. The number of rotatable bonds is 7. The monoisotopic (exact) mass is 356 g/mol. The lowest BCUT2D eigenvalue weighted by Crippen LogP contribution is -2.29. The molecule has 0 amide bonds. The Morgan fingerprint density at radius 3 is 2.50 bits per heavy atom. The highest BCUT2D eigenvalue weighted by molar-refractivity contribution is 7.99. The molecule has 114 valence electrons. The second-order valence-electron chi connectivity index (χ2n) is 4.30. The van der Waals surface area contributed by atoms with Gasteiger partial charge in [0.05, 0.1) is 5.02 Å². The van der Waals surface area contributed by atoms with Gasteiger partial charge in [-0.1, -0.05) is 30.1 Å². The first-order valence-electron chi connectivity index (χ1n) is 5.96. The topological polar surface area (TPSA) is 58.2 Å². The Kier molecular flexibility index (Phi) is 7.11. The predicted octanol–water partition coefficient (Wildman–Crippen LogP) is 2.74. The molecule has 1 aromatic rings. The number of halogens is 2. The van der Waals surface area contributed by atoms with Gasteiger partial charge in [0.1, 0.15) is 4.90 Å². The molecule has 1 rings (SSSR count). The standard InChI is InChI=1S/C12H18Cl2N2O2S2/c1-8(19-3)6-16-20(17,18)12-4-9(7-15-2)10(13)5-11(12)14/h4-5,8,15-16H,6-7H2,1-3H3. The first-order valence-corrected chi connectivity index (χ1v) is 9.49. The second-order valence-corrected chi connectivity index (χ2v) is 8.13. The quantitative estimate of drug-likeness (QED) is 0.788. The molecular formula is C12H18Cl2N2O2S2. The number of hydrogen-bond acceptors (Lipinski definition) is 4. The van der Waals surface area contributed by atoms with E-state index in [4.69, 9.17) is 23.2 Å². The number of hydrogen-bond donors (Lipinski definition) is 2. The van der Waals surface area contributed by atoms with Crippen LogP contribution in [0.1, 0.15) is 12.5 Å². The molecule has 1 unspecified atom stereocenters. The number of nitrogens with one attached hydrogen (secondary N) is 2. The van der Waals surface area contributed by atoms with E-state index in [-0.39, 0.29) is 15.2 Å². The normalized spacial score (nSPS) is 13.4. The number of benzene rings is 1. The molecule has 0 aliphatic rings. The summed E-state index contributed by atoms with van der Waals surface area (Å²) in [7, 11) is -1.87. The Hall–Kier alpha value is 0.0200. The SMILES string of the molecule is CNCc1cc(S(=O)(=O)NCC(C)SC)c(Cl)cc1Cl. The van der Waals surface area contributed by atoms with Crippen LogP contribution in [-0.4, -0.2) is 33.5 Å². The lowest BCUT2D eigenvalue weighted by atomic mass is 10.2. The van der Waals surface area contributed by atoms with Crippen molar-refractivity contribution in [3.63, 3.8) is 0 Å². The number of thioether (sulfide) groups is 1. The van der Waals surface area contributed by atoms with Gasteiger partial charge in [0.15, 0.2) is 0 Å². The van der Waals surface area contributed by atoms with Gasteiger partial charge in [0.25, 0.3) is 0 Å². The van der Waals surface area contributed by atoms with Crippen LogP contribution in [0.3, 0.4) is 0 Å². The molecule has 0 fully saturated rings. The maximum Gasteiger partial charge on any atom is 0.242 e.